The van der Waals surface area contributed by atoms with Crippen LogP contribution in [0.15, 0.2) is 24.3 Å². The highest BCUT2D eigenvalue weighted by molar-refractivity contribution is 14.1. The van der Waals surface area contributed by atoms with E-state index in [-0.39, 0.29) is 11.9 Å². The van der Waals surface area contributed by atoms with Gasteiger partial charge in [0.25, 0.3) is 5.91 Å². The highest BCUT2D eigenvalue weighted by Gasteiger charge is 2.22. The zero-order valence-corrected chi connectivity index (χ0v) is 12.6. The van der Waals surface area contributed by atoms with Gasteiger partial charge in [-0.05, 0) is 66.5 Å². The fourth-order valence-corrected chi connectivity index (χ4v) is 2.80. The van der Waals surface area contributed by atoms with E-state index in [2.05, 4.69) is 34.8 Å². The molecule has 1 heterocycles. The average molecular weight is 359 g/mol. The molecule has 1 saturated heterocycles. The minimum absolute atomic E-state index is 0.0208. The van der Waals surface area contributed by atoms with E-state index in [0.29, 0.717) is 5.92 Å². The molecule has 1 aliphatic heterocycles. The van der Waals surface area contributed by atoms with Crippen LogP contribution in [-0.4, -0.2) is 25.2 Å². The van der Waals surface area contributed by atoms with E-state index < -0.39 is 0 Å². The van der Waals surface area contributed by atoms with Crippen LogP contribution in [0.25, 0.3) is 0 Å². The summed E-state index contributed by atoms with van der Waals surface area (Å²) in [5.74, 6) is 0.554. The summed E-state index contributed by atoms with van der Waals surface area (Å²) in [6, 6.07) is 7.87. The maximum atomic E-state index is 12.1. The Morgan fingerprint density at radius 3 is 2.83 bits per heavy atom. The first-order valence-corrected chi connectivity index (χ1v) is 7.39. The van der Waals surface area contributed by atoms with Crippen molar-refractivity contribution in [2.24, 2.45) is 5.92 Å². The van der Waals surface area contributed by atoms with Gasteiger partial charge in [0.15, 0.2) is 0 Å². The van der Waals surface area contributed by atoms with Gasteiger partial charge in [-0.3, -0.25) is 4.79 Å². The maximum Gasteiger partial charge on any atom is 0.251 e. The largest absolute Gasteiger partial charge is 0.381 e. The van der Waals surface area contributed by atoms with Crippen molar-refractivity contribution in [2.45, 2.75) is 25.8 Å². The Morgan fingerprint density at radius 1 is 1.44 bits per heavy atom. The van der Waals surface area contributed by atoms with Crippen LogP contribution in [0, 0.1) is 9.49 Å². The second kappa shape index (κ2) is 6.52. The number of rotatable bonds is 3. The fraction of sp³-hybridized carbons (Fsp3) is 0.500. The second-order valence-electron chi connectivity index (χ2n) is 4.72. The van der Waals surface area contributed by atoms with Gasteiger partial charge in [0.2, 0.25) is 0 Å². The Hall–Kier alpha value is -0.620. The molecule has 1 atom stereocenters. The summed E-state index contributed by atoms with van der Waals surface area (Å²) in [6.45, 7) is 3.71. The summed E-state index contributed by atoms with van der Waals surface area (Å²) in [7, 11) is 0. The molecule has 4 heteroatoms. The van der Waals surface area contributed by atoms with E-state index in [1.54, 1.807) is 0 Å². The maximum absolute atomic E-state index is 12.1. The predicted molar refractivity (Wildman–Crippen MR) is 79.6 cm³/mol. The number of carbonyl (C=O) groups excluding carboxylic acids is 1. The Labute approximate surface area is 121 Å². The van der Waals surface area contributed by atoms with E-state index in [4.69, 9.17) is 4.74 Å². The molecule has 0 radical (unpaired) electrons. The molecule has 1 unspecified atom stereocenters. The van der Waals surface area contributed by atoms with Crippen LogP contribution in [0.5, 0.6) is 0 Å². The van der Waals surface area contributed by atoms with Gasteiger partial charge in [0, 0.05) is 28.4 Å². The summed E-state index contributed by atoms with van der Waals surface area (Å²) in [5.41, 5.74) is 0.737. The molecule has 1 amide bonds. The van der Waals surface area contributed by atoms with Crippen molar-refractivity contribution in [2.75, 3.05) is 13.2 Å². The third-order valence-corrected chi connectivity index (χ3v) is 4.09. The molecule has 98 valence electrons. The molecule has 0 saturated carbocycles. The first kappa shape index (κ1) is 13.8. The van der Waals surface area contributed by atoms with Crippen LogP contribution in [0.4, 0.5) is 0 Å². The highest BCUT2D eigenvalue weighted by atomic mass is 127. The normalized spacial score (nSPS) is 18.3. The van der Waals surface area contributed by atoms with Gasteiger partial charge in [-0.25, -0.2) is 0 Å². The summed E-state index contributed by atoms with van der Waals surface area (Å²) in [5, 5.41) is 3.10. The van der Waals surface area contributed by atoms with Crippen molar-refractivity contribution < 1.29 is 9.53 Å². The van der Waals surface area contributed by atoms with Gasteiger partial charge in [-0.2, -0.15) is 0 Å². The standard InChI is InChI=1S/C14H18INO2/c1-10(11-5-7-18-8-6-11)16-14(17)12-3-2-4-13(15)9-12/h2-4,9-11H,5-8H2,1H3,(H,16,17). The highest BCUT2D eigenvalue weighted by Crippen LogP contribution is 2.19. The van der Waals surface area contributed by atoms with Crippen molar-refractivity contribution in [1.29, 1.82) is 0 Å². The molecule has 1 aromatic carbocycles. The van der Waals surface area contributed by atoms with Crippen molar-refractivity contribution in [3.63, 3.8) is 0 Å². The molecule has 0 aliphatic carbocycles. The Morgan fingerprint density at radius 2 is 2.17 bits per heavy atom. The van der Waals surface area contributed by atoms with E-state index in [1.807, 2.05) is 24.3 Å². The summed E-state index contributed by atoms with van der Waals surface area (Å²) < 4.78 is 6.42. The van der Waals surface area contributed by atoms with Crippen LogP contribution >= 0.6 is 22.6 Å². The first-order valence-electron chi connectivity index (χ1n) is 6.31. The van der Waals surface area contributed by atoms with Crippen LogP contribution in [0.1, 0.15) is 30.1 Å². The lowest BCUT2D eigenvalue weighted by Gasteiger charge is -2.28. The molecule has 1 N–H and O–H groups in total. The third kappa shape index (κ3) is 3.68. The van der Waals surface area contributed by atoms with Gasteiger partial charge in [0.1, 0.15) is 0 Å². The zero-order valence-electron chi connectivity index (χ0n) is 10.5. The molecule has 1 aliphatic rings. The quantitative estimate of drug-likeness (QED) is 0.843. The van der Waals surface area contributed by atoms with Crippen molar-refractivity contribution >= 4 is 28.5 Å². The van der Waals surface area contributed by atoms with Crippen molar-refractivity contribution in [3.8, 4) is 0 Å². The molecule has 0 spiro atoms. The Balaban J connectivity index is 1.94. The molecule has 1 aromatic rings. The van der Waals surface area contributed by atoms with E-state index >= 15 is 0 Å². The number of amides is 1. The third-order valence-electron chi connectivity index (χ3n) is 3.42. The predicted octanol–water partition coefficient (Wildman–Crippen LogP) is 2.84. The summed E-state index contributed by atoms with van der Waals surface area (Å²) >= 11 is 2.22. The van der Waals surface area contributed by atoms with E-state index in [1.165, 1.54) is 0 Å². The number of halogens is 1. The molecule has 2 rings (SSSR count). The van der Waals surface area contributed by atoms with Gasteiger partial charge < -0.3 is 10.1 Å². The lowest BCUT2D eigenvalue weighted by atomic mass is 9.93. The minimum atomic E-state index is 0.0208. The van der Waals surface area contributed by atoms with Crippen LogP contribution < -0.4 is 5.32 Å². The SMILES string of the molecule is CC(NC(=O)c1cccc(I)c1)C1CCOCC1. The molecular weight excluding hydrogens is 341 g/mol. The monoisotopic (exact) mass is 359 g/mol. The number of hydrogen-bond acceptors (Lipinski definition) is 2. The van der Waals surface area contributed by atoms with Crippen molar-refractivity contribution in [3.05, 3.63) is 33.4 Å². The lowest BCUT2D eigenvalue weighted by molar-refractivity contribution is 0.0538. The minimum Gasteiger partial charge on any atom is -0.381 e. The van der Waals surface area contributed by atoms with Crippen LogP contribution in [-0.2, 0) is 4.74 Å². The van der Waals surface area contributed by atoms with Gasteiger partial charge in [-0.1, -0.05) is 6.07 Å². The molecule has 0 aromatic heterocycles. The Bertz CT molecular complexity index is 416. The lowest BCUT2D eigenvalue weighted by Crippen LogP contribution is -2.40. The number of ether oxygens (including phenoxy) is 1. The van der Waals surface area contributed by atoms with E-state index in [0.717, 1.165) is 35.2 Å². The van der Waals surface area contributed by atoms with E-state index in [9.17, 15) is 4.79 Å². The van der Waals surface area contributed by atoms with Crippen LogP contribution in [0.3, 0.4) is 0 Å². The number of nitrogens with one attached hydrogen (secondary N) is 1. The molecular formula is C14H18INO2. The summed E-state index contributed by atoms with van der Waals surface area (Å²) in [6.07, 6.45) is 2.07. The fourth-order valence-electron chi connectivity index (χ4n) is 2.25. The Kier molecular flexibility index (Phi) is 5.00. The average Bonchev–Trinajstić information content (AvgIpc) is 2.39. The number of hydrogen-bond donors (Lipinski definition) is 1. The molecule has 1 fully saturated rings. The van der Waals surface area contributed by atoms with Crippen LogP contribution in [0.2, 0.25) is 0 Å². The first-order chi connectivity index (χ1) is 8.66. The summed E-state index contributed by atoms with van der Waals surface area (Å²) in [4.78, 5) is 12.1. The number of benzene rings is 1. The second-order valence-corrected chi connectivity index (χ2v) is 5.97. The topological polar surface area (TPSA) is 38.3 Å². The van der Waals surface area contributed by atoms with Gasteiger partial charge in [-0.15, -0.1) is 0 Å². The smallest absolute Gasteiger partial charge is 0.251 e. The molecule has 18 heavy (non-hydrogen) atoms. The van der Waals surface area contributed by atoms with Crippen molar-refractivity contribution in [1.82, 2.24) is 5.32 Å². The number of carbonyl (C=O) groups is 1. The molecule has 0 bridgehead atoms. The molecule has 3 nitrogen and oxygen atoms in total. The zero-order chi connectivity index (χ0) is 13.0. The van der Waals surface area contributed by atoms with Gasteiger partial charge >= 0.3 is 0 Å². The van der Waals surface area contributed by atoms with Gasteiger partial charge in [0.05, 0.1) is 0 Å².